The molecule has 0 saturated carbocycles. The molecule has 0 radical (unpaired) electrons. The lowest BCUT2D eigenvalue weighted by molar-refractivity contribution is -0.119. The summed E-state index contributed by atoms with van der Waals surface area (Å²) in [5.74, 6) is -1.47. The van der Waals surface area contributed by atoms with Gasteiger partial charge in [0, 0.05) is 29.8 Å². The number of hydrogen-bond donors (Lipinski definition) is 2. The van der Waals surface area contributed by atoms with E-state index in [0.29, 0.717) is 16.9 Å². The van der Waals surface area contributed by atoms with Gasteiger partial charge in [-0.25, -0.2) is 4.79 Å². The van der Waals surface area contributed by atoms with Gasteiger partial charge in [-0.15, -0.1) is 0 Å². The molecule has 2 N–H and O–H groups in total. The third-order valence-corrected chi connectivity index (χ3v) is 4.06. The number of rotatable bonds is 7. The van der Waals surface area contributed by atoms with Gasteiger partial charge in [0.1, 0.15) is 0 Å². The molecule has 0 aliphatic rings. The van der Waals surface area contributed by atoms with Crippen molar-refractivity contribution in [3.63, 3.8) is 0 Å². The number of anilines is 2. The van der Waals surface area contributed by atoms with E-state index in [0.717, 1.165) is 0 Å². The highest BCUT2D eigenvalue weighted by molar-refractivity contribution is 6.02. The van der Waals surface area contributed by atoms with Gasteiger partial charge in [0.25, 0.3) is 0 Å². The fourth-order valence-corrected chi connectivity index (χ4v) is 2.41. The maximum Gasteiger partial charge on any atom is 0.338 e. The molecular weight excluding hydrogens is 372 g/mol. The number of hydrogen-bond acceptors (Lipinski definition) is 5. The molecule has 29 heavy (non-hydrogen) atoms. The Morgan fingerprint density at radius 2 is 1.24 bits per heavy atom. The molecule has 0 bridgehead atoms. The predicted octanol–water partition coefficient (Wildman–Crippen LogP) is 3.67. The molecule has 0 aliphatic carbocycles. The van der Waals surface area contributed by atoms with E-state index < -0.39 is 12.1 Å². The van der Waals surface area contributed by atoms with Crippen molar-refractivity contribution in [3.8, 4) is 0 Å². The third-order valence-electron chi connectivity index (χ3n) is 4.06. The fraction of sp³-hybridized carbons (Fsp3) is 0.273. The van der Waals surface area contributed by atoms with Crippen LogP contribution in [0, 0.1) is 5.92 Å². The summed E-state index contributed by atoms with van der Waals surface area (Å²) in [6.07, 6.45) is -0.978. The van der Waals surface area contributed by atoms with Gasteiger partial charge < -0.3 is 15.4 Å². The first-order valence-corrected chi connectivity index (χ1v) is 9.21. The smallest absolute Gasteiger partial charge is 0.338 e. The second-order valence-corrected chi connectivity index (χ2v) is 6.89. The highest BCUT2D eigenvalue weighted by Crippen LogP contribution is 2.15. The molecule has 0 spiro atoms. The third kappa shape index (κ3) is 6.27. The average molecular weight is 396 g/mol. The number of nitrogens with one attached hydrogen (secondary N) is 2. The molecule has 0 aliphatic heterocycles. The Labute approximate surface area is 169 Å². The van der Waals surface area contributed by atoms with E-state index in [1.807, 2.05) is 0 Å². The van der Waals surface area contributed by atoms with Crippen LogP contribution in [0.4, 0.5) is 11.4 Å². The second kappa shape index (κ2) is 9.64. The van der Waals surface area contributed by atoms with E-state index in [4.69, 9.17) is 4.74 Å². The van der Waals surface area contributed by atoms with Crippen molar-refractivity contribution in [1.82, 2.24) is 0 Å². The number of carbonyl (C=O) groups is 4. The quantitative estimate of drug-likeness (QED) is 0.549. The van der Waals surface area contributed by atoms with Gasteiger partial charge in [0.05, 0.1) is 5.56 Å². The highest BCUT2D eigenvalue weighted by Gasteiger charge is 2.20. The number of ketones is 1. The monoisotopic (exact) mass is 396 g/mol. The van der Waals surface area contributed by atoms with Crippen LogP contribution in [0.1, 0.15) is 48.4 Å². The van der Waals surface area contributed by atoms with Crippen LogP contribution < -0.4 is 10.6 Å². The number of carbonyl (C=O) groups excluding carboxylic acids is 4. The van der Waals surface area contributed by atoms with Crippen LogP contribution >= 0.6 is 0 Å². The van der Waals surface area contributed by atoms with E-state index >= 15 is 0 Å². The Balaban J connectivity index is 1.98. The van der Waals surface area contributed by atoms with Crippen LogP contribution in [0.3, 0.4) is 0 Å². The van der Waals surface area contributed by atoms with Crippen LogP contribution in [-0.4, -0.2) is 29.7 Å². The zero-order valence-electron chi connectivity index (χ0n) is 16.8. The Morgan fingerprint density at radius 3 is 1.72 bits per heavy atom. The zero-order valence-corrected chi connectivity index (χ0v) is 16.8. The maximum absolute atomic E-state index is 12.5. The molecule has 7 nitrogen and oxygen atoms in total. The highest BCUT2D eigenvalue weighted by atomic mass is 16.5. The van der Waals surface area contributed by atoms with Gasteiger partial charge in [-0.05, 0) is 55.5 Å². The summed E-state index contributed by atoms with van der Waals surface area (Å²) in [5.41, 5.74) is 1.78. The molecule has 0 fully saturated rings. The lowest BCUT2D eigenvalue weighted by Gasteiger charge is -2.13. The Morgan fingerprint density at radius 1 is 0.759 bits per heavy atom. The number of ether oxygens (including phenoxy) is 1. The molecule has 2 rings (SSSR count). The predicted molar refractivity (Wildman–Crippen MR) is 110 cm³/mol. The SMILES string of the molecule is CC(=O)Nc1ccc(C(=O)OC(C)C(=O)c2ccc(NC(=O)C(C)C)cc2)cc1. The summed E-state index contributed by atoms with van der Waals surface area (Å²) >= 11 is 0. The largest absolute Gasteiger partial charge is 0.451 e. The number of benzene rings is 2. The van der Waals surface area contributed by atoms with Crippen molar-refractivity contribution in [2.75, 3.05) is 10.6 Å². The van der Waals surface area contributed by atoms with Crippen molar-refractivity contribution in [2.24, 2.45) is 5.92 Å². The van der Waals surface area contributed by atoms with Crippen molar-refractivity contribution in [3.05, 3.63) is 59.7 Å². The number of Topliss-reactive ketones (excluding diaryl/α,β-unsaturated/α-hetero) is 1. The molecule has 0 aromatic heterocycles. The minimum Gasteiger partial charge on any atom is -0.451 e. The van der Waals surface area contributed by atoms with Crippen LogP contribution in [0.25, 0.3) is 0 Å². The first kappa shape index (κ1) is 21.8. The summed E-state index contributed by atoms with van der Waals surface area (Å²) in [6, 6.07) is 12.6. The van der Waals surface area contributed by atoms with Gasteiger partial charge >= 0.3 is 5.97 Å². The van der Waals surface area contributed by atoms with E-state index in [1.54, 1.807) is 50.2 Å². The number of amides is 2. The normalized spacial score (nSPS) is 11.5. The maximum atomic E-state index is 12.5. The Kier molecular flexibility index (Phi) is 7.25. The zero-order chi connectivity index (χ0) is 21.6. The average Bonchev–Trinajstić information content (AvgIpc) is 2.67. The molecule has 1 atom stereocenters. The second-order valence-electron chi connectivity index (χ2n) is 6.89. The Hall–Kier alpha value is -3.48. The molecule has 152 valence electrons. The molecule has 2 aromatic rings. The van der Waals surface area contributed by atoms with Crippen molar-refractivity contribution >= 4 is 34.9 Å². The van der Waals surface area contributed by atoms with Crippen LogP contribution in [0.2, 0.25) is 0 Å². The van der Waals surface area contributed by atoms with Crippen molar-refractivity contribution in [1.29, 1.82) is 0 Å². The fourth-order valence-electron chi connectivity index (χ4n) is 2.41. The van der Waals surface area contributed by atoms with Crippen molar-refractivity contribution in [2.45, 2.75) is 33.8 Å². The van der Waals surface area contributed by atoms with Gasteiger partial charge in [0.2, 0.25) is 17.6 Å². The van der Waals surface area contributed by atoms with Crippen LogP contribution in [-0.2, 0) is 14.3 Å². The first-order chi connectivity index (χ1) is 13.7. The van der Waals surface area contributed by atoms with Crippen LogP contribution in [0.15, 0.2) is 48.5 Å². The molecule has 0 heterocycles. The van der Waals surface area contributed by atoms with E-state index in [9.17, 15) is 19.2 Å². The Bertz CT molecular complexity index is 902. The minimum absolute atomic E-state index is 0.115. The van der Waals surface area contributed by atoms with E-state index in [2.05, 4.69) is 10.6 Å². The standard InChI is InChI=1S/C22H24N2O5/c1-13(2)21(27)24-19-9-5-16(6-10-19)20(26)14(3)29-22(28)17-7-11-18(12-8-17)23-15(4)25/h5-14H,1-4H3,(H,23,25)(H,24,27). The van der Waals surface area contributed by atoms with Gasteiger partial charge in [-0.1, -0.05) is 13.8 Å². The molecular formula is C22H24N2O5. The van der Waals surface area contributed by atoms with Crippen LogP contribution in [0.5, 0.6) is 0 Å². The molecule has 1 unspecified atom stereocenters. The summed E-state index contributed by atoms with van der Waals surface area (Å²) in [4.78, 5) is 47.5. The first-order valence-electron chi connectivity index (χ1n) is 9.21. The summed E-state index contributed by atoms with van der Waals surface area (Å²) in [7, 11) is 0. The molecule has 0 saturated heterocycles. The minimum atomic E-state index is -0.978. The molecule has 2 amide bonds. The summed E-state index contributed by atoms with van der Waals surface area (Å²) < 4.78 is 5.25. The topological polar surface area (TPSA) is 102 Å². The molecule has 2 aromatic carbocycles. The van der Waals surface area contributed by atoms with E-state index in [-0.39, 0.29) is 29.1 Å². The van der Waals surface area contributed by atoms with Crippen molar-refractivity contribution < 1.29 is 23.9 Å². The molecule has 7 heteroatoms. The summed E-state index contributed by atoms with van der Waals surface area (Å²) in [6.45, 7) is 6.47. The lowest BCUT2D eigenvalue weighted by atomic mass is 10.1. The summed E-state index contributed by atoms with van der Waals surface area (Å²) in [5, 5.41) is 5.35. The van der Waals surface area contributed by atoms with Gasteiger partial charge in [-0.2, -0.15) is 0 Å². The number of esters is 1. The van der Waals surface area contributed by atoms with E-state index in [1.165, 1.54) is 26.0 Å². The van der Waals surface area contributed by atoms with Gasteiger partial charge in [0.15, 0.2) is 6.10 Å². The lowest BCUT2D eigenvalue weighted by Crippen LogP contribution is -2.24. The van der Waals surface area contributed by atoms with Gasteiger partial charge in [-0.3, -0.25) is 14.4 Å².